The lowest BCUT2D eigenvalue weighted by atomic mass is 9.90. The molecule has 1 amide bonds. The maximum absolute atomic E-state index is 12.8. The van der Waals surface area contributed by atoms with Crippen LogP contribution in [0.2, 0.25) is 0 Å². The Morgan fingerprint density at radius 1 is 1.12 bits per heavy atom. The predicted octanol–water partition coefficient (Wildman–Crippen LogP) is 3.50. The Morgan fingerprint density at radius 2 is 1.82 bits per heavy atom. The van der Waals surface area contributed by atoms with Crippen LogP contribution in [0.15, 0.2) is 48.5 Å². The highest BCUT2D eigenvalue weighted by atomic mass is 35.5. The minimum absolute atomic E-state index is 0. The Bertz CT molecular complexity index is 873. The Labute approximate surface area is 208 Å². The number of benzene rings is 2. The lowest BCUT2D eigenvalue weighted by Crippen LogP contribution is -2.34. The summed E-state index contributed by atoms with van der Waals surface area (Å²) < 4.78 is 0. The van der Waals surface area contributed by atoms with Crippen LogP contribution in [0.1, 0.15) is 42.7 Å². The summed E-state index contributed by atoms with van der Waals surface area (Å²) in [6.07, 6.45) is 3.73. The van der Waals surface area contributed by atoms with Gasteiger partial charge in [0, 0.05) is 30.1 Å². The monoisotopic (exact) mass is 495 g/mol. The van der Waals surface area contributed by atoms with Crippen molar-refractivity contribution < 1.29 is 9.90 Å². The van der Waals surface area contributed by atoms with Crippen LogP contribution in [0.5, 0.6) is 0 Å². The van der Waals surface area contributed by atoms with Gasteiger partial charge in [-0.3, -0.25) is 10.2 Å². The van der Waals surface area contributed by atoms with Gasteiger partial charge in [0.1, 0.15) is 5.84 Å². The molecule has 1 aliphatic rings. The molecule has 2 aromatic rings. The molecule has 0 unspecified atom stereocenters. The average molecular weight is 496 g/mol. The zero-order chi connectivity index (χ0) is 22.1. The molecule has 1 saturated heterocycles. The highest BCUT2D eigenvalue weighted by Gasteiger charge is 2.16. The first-order chi connectivity index (χ1) is 15.1. The van der Waals surface area contributed by atoms with E-state index in [-0.39, 0.29) is 49.7 Å². The Kier molecular flexibility index (Phi) is 12.8. The van der Waals surface area contributed by atoms with Crippen LogP contribution in [-0.2, 0) is 4.79 Å². The first-order valence-corrected chi connectivity index (χ1v) is 11.0. The quantitative estimate of drug-likeness (QED) is 0.196. The van der Waals surface area contributed by atoms with E-state index in [1.165, 1.54) is 5.56 Å². The van der Waals surface area contributed by atoms with Gasteiger partial charge in [-0.2, -0.15) is 0 Å². The van der Waals surface area contributed by atoms with Crippen molar-refractivity contribution in [3.8, 4) is 0 Å². The number of carbonyl (C=O) groups excluding carboxylic acids is 1. The number of nitrogens with two attached hydrogens (primary N) is 1. The number of amidine groups is 1. The highest BCUT2D eigenvalue weighted by molar-refractivity contribution is 5.97. The zero-order valence-electron chi connectivity index (χ0n) is 18.8. The molecule has 1 heterocycles. The topological polar surface area (TPSA) is 114 Å². The lowest BCUT2D eigenvalue weighted by molar-refractivity contribution is -0.115. The first kappa shape index (κ1) is 28.7. The molecule has 182 valence electrons. The third-order valence-electron chi connectivity index (χ3n) is 5.70. The van der Waals surface area contributed by atoms with Crippen LogP contribution < -0.4 is 21.3 Å². The van der Waals surface area contributed by atoms with E-state index in [0.29, 0.717) is 24.4 Å². The number of hydrogen-bond acceptors (Lipinski definition) is 5. The highest BCUT2D eigenvalue weighted by Crippen LogP contribution is 2.26. The third-order valence-corrected chi connectivity index (χ3v) is 5.70. The van der Waals surface area contributed by atoms with E-state index in [9.17, 15) is 4.79 Å². The summed E-state index contributed by atoms with van der Waals surface area (Å²) in [6.45, 7) is 3.05. The van der Waals surface area contributed by atoms with Crippen molar-refractivity contribution in [3.63, 3.8) is 0 Å². The molecule has 7 nitrogen and oxygen atoms in total. The number of nitrogen functional groups attached to an aromatic ring is 1. The summed E-state index contributed by atoms with van der Waals surface area (Å²) in [4.78, 5) is 14.7. The number of piperidine rings is 1. The van der Waals surface area contributed by atoms with Gasteiger partial charge in [-0.25, -0.2) is 0 Å². The van der Waals surface area contributed by atoms with Gasteiger partial charge < -0.3 is 26.4 Å². The fourth-order valence-corrected chi connectivity index (χ4v) is 3.95. The standard InChI is InChI=1S/C24H33N5O2.2ClH/c25-24(26)20-4-3-5-22(16-20)29(14-1-2-15-30)17-23(31)28-21-8-6-18(7-9-21)19-10-12-27-13-11-19;;/h3-9,16,19,27,30H,1-2,10-15,17H2,(H3,25,26)(H,28,31);2*1H. The minimum atomic E-state index is -0.105. The number of amides is 1. The summed E-state index contributed by atoms with van der Waals surface area (Å²) in [6, 6.07) is 15.5. The number of nitrogens with one attached hydrogen (secondary N) is 3. The number of unbranched alkanes of at least 4 members (excludes halogenated alkanes) is 1. The SMILES string of the molecule is Cl.Cl.N=C(N)c1cccc(N(CCCCO)CC(=O)Nc2ccc(C3CCNCC3)cc2)c1. The number of carbonyl (C=O) groups is 1. The minimum Gasteiger partial charge on any atom is -0.396 e. The summed E-state index contributed by atoms with van der Waals surface area (Å²) in [5.41, 5.74) is 9.19. The Morgan fingerprint density at radius 3 is 2.45 bits per heavy atom. The second-order valence-electron chi connectivity index (χ2n) is 8.01. The van der Waals surface area contributed by atoms with Crippen molar-refractivity contribution in [2.45, 2.75) is 31.6 Å². The van der Waals surface area contributed by atoms with E-state index in [4.69, 9.17) is 16.2 Å². The number of nitrogens with zero attached hydrogens (tertiary/aromatic N) is 1. The van der Waals surface area contributed by atoms with Gasteiger partial charge in [-0.15, -0.1) is 24.8 Å². The van der Waals surface area contributed by atoms with Crippen LogP contribution in [0.4, 0.5) is 11.4 Å². The molecular weight excluding hydrogens is 461 g/mol. The molecule has 0 radical (unpaired) electrons. The lowest BCUT2D eigenvalue weighted by Gasteiger charge is -2.25. The van der Waals surface area contributed by atoms with Crippen molar-refractivity contribution in [2.75, 3.05) is 43.0 Å². The van der Waals surface area contributed by atoms with E-state index >= 15 is 0 Å². The van der Waals surface area contributed by atoms with Gasteiger partial charge in [0.15, 0.2) is 0 Å². The maximum Gasteiger partial charge on any atom is 0.243 e. The van der Waals surface area contributed by atoms with Crippen LogP contribution >= 0.6 is 24.8 Å². The zero-order valence-corrected chi connectivity index (χ0v) is 20.4. The molecule has 0 bridgehead atoms. The van der Waals surface area contributed by atoms with Crippen molar-refractivity contribution >= 4 is 47.9 Å². The van der Waals surface area contributed by atoms with Crippen LogP contribution in [0.25, 0.3) is 0 Å². The Hall–Kier alpha value is -2.32. The normalized spacial score (nSPS) is 13.4. The Balaban J connectivity index is 0.00000272. The number of anilines is 2. The van der Waals surface area contributed by atoms with Crippen molar-refractivity contribution in [3.05, 3.63) is 59.7 Å². The molecular formula is C24H35Cl2N5O2. The molecule has 33 heavy (non-hydrogen) atoms. The van der Waals surface area contributed by atoms with Crippen molar-refractivity contribution in [2.24, 2.45) is 5.73 Å². The van der Waals surface area contributed by atoms with E-state index in [0.717, 1.165) is 43.7 Å². The molecule has 1 aliphatic heterocycles. The van der Waals surface area contributed by atoms with E-state index in [1.54, 1.807) is 6.07 Å². The number of rotatable bonds is 10. The largest absolute Gasteiger partial charge is 0.396 e. The van der Waals surface area contributed by atoms with Crippen molar-refractivity contribution in [1.82, 2.24) is 5.32 Å². The number of aliphatic hydroxyl groups is 1. The average Bonchev–Trinajstić information content (AvgIpc) is 2.79. The summed E-state index contributed by atoms with van der Waals surface area (Å²) in [5, 5.41) is 23.2. The van der Waals surface area contributed by atoms with Crippen LogP contribution in [-0.4, -0.2) is 49.6 Å². The van der Waals surface area contributed by atoms with Gasteiger partial charge in [0.25, 0.3) is 0 Å². The molecule has 0 aliphatic carbocycles. The molecule has 0 aromatic heterocycles. The maximum atomic E-state index is 12.8. The summed E-state index contributed by atoms with van der Waals surface area (Å²) in [7, 11) is 0. The van der Waals surface area contributed by atoms with E-state index in [2.05, 4.69) is 22.8 Å². The molecule has 0 spiro atoms. The number of hydrogen-bond donors (Lipinski definition) is 5. The smallest absolute Gasteiger partial charge is 0.243 e. The molecule has 1 fully saturated rings. The molecule has 2 aromatic carbocycles. The molecule has 0 saturated carbocycles. The third kappa shape index (κ3) is 8.85. The van der Waals surface area contributed by atoms with Gasteiger partial charge >= 0.3 is 0 Å². The second-order valence-corrected chi connectivity index (χ2v) is 8.01. The second kappa shape index (κ2) is 14.8. The first-order valence-electron chi connectivity index (χ1n) is 11.0. The predicted molar refractivity (Wildman–Crippen MR) is 140 cm³/mol. The fraction of sp³-hybridized carbons (Fsp3) is 0.417. The summed E-state index contributed by atoms with van der Waals surface area (Å²) >= 11 is 0. The van der Waals surface area contributed by atoms with Gasteiger partial charge in [-0.05, 0) is 74.5 Å². The van der Waals surface area contributed by atoms with Crippen LogP contribution in [0.3, 0.4) is 0 Å². The summed E-state index contributed by atoms with van der Waals surface area (Å²) in [5.74, 6) is 0.476. The van der Waals surface area contributed by atoms with E-state index < -0.39 is 0 Å². The molecule has 9 heteroatoms. The van der Waals surface area contributed by atoms with Gasteiger partial charge in [0.05, 0.1) is 6.54 Å². The van der Waals surface area contributed by atoms with Gasteiger partial charge in [0.2, 0.25) is 5.91 Å². The van der Waals surface area contributed by atoms with Gasteiger partial charge in [-0.1, -0.05) is 24.3 Å². The fourth-order valence-electron chi connectivity index (χ4n) is 3.95. The molecule has 6 N–H and O–H groups in total. The number of halogens is 2. The van der Waals surface area contributed by atoms with E-state index in [1.807, 2.05) is 35.2 Å². The molecule has 3 rings (SSSR count). The molecule has 0 atom stereocenters. The van der Waals surface area contributed by atoms with Crippen molar-refractivity contribution in [1.29, 1.82) is 5.41 Å². The number of aliphatic hydroxyl groups excluding tert-OH is 1. The van der Waals surface area contributed by atoms with Crippen LogP contribution in [0, 0.1) is 5.41 Å².